The van der Waals surface area contributed by atoms with Crippen LogP contribution in [-0.4, -0.2) is 37.0 Å². The second kappa shape index (κ2) is 6.77. The first kappa shape index (κ1) is 14.2. The van der Waals surface area contributed by atoms with Gasteiger partial charge >= 0.3 is 0 Å². The Kier molecular flexibility index (Phi) is 5.65. The molecule has 0 saturated heterocycles. The first-order chi connectivity index (χ1) is 8.00. The maximum Gasteiger partial charge on any atom is 0.251 e. The van der Waals surface area contributed by atoms with Crippen LogP contribution in [0.1, 0.15) is 24.2 Å². The molecule has 0 unspecified atom stereocenters. The fraction of sp³-hybridized carbons (Fsp3) is 0.462. The Hall–Kier alpha value is -0.870. The highest BCUT2D eigenvalue weighted by Gasteiger charge is 2.06. The number of rotatable bonds is 5. The topological polar surface area (TPSA) is 32.3 Å². The van der Waals surface area contributed by atoms with Gasteiger partial charge in [0.05, 0.1) is 0 Å². The van der Waals surface area contributed by atoms with E-state index in [0.717, 1.165) is 11.0 Å². The summed E-state index contributed by atoms with van der Waals surface area (Å²) in [5, 5.41) is 2.91. The minimum Gasteiger partial charge on any atom is -0.351 e. The van der Waals surface area contributed by atoms with E-state index in [4.69, 9.17) is 0 Å². The van der Waals surface area contributed by atoms with Gasteiger partial charge in [-0.2, -0.15) is 0 Å². The summed E-state index contributed by atoms with van der Waals surface area (Å²) in [6, 6.07) is 7.90. The van der Waals surface area contributed by atoms with Crippen LogP contribution in [0.25, 0.3) is 0 Å². The number of hydrogen-bond acceptors (Lipinski definition) is 2. The molecule has 0 spiro atoms. The van der Waals surface area contributed by atoms with Gasteiger partial charge in [-0.1, -0.05) is 22.0 Å². The summed E-state index contributed by atoms with van der Waals surface area (Å²) in [6.45, 7) is 5.80. The van der Waals surface area contributed by atoms with Crippen LogP contribution in [0.5, 0.6) is 0 Å². The molecule has 0 bridgehead atoms. The van der Waals surface area contributed by atoms with Crippen LogP contribution in [0.2, 0.25) is 0 Å². The normalized spacial score (nSPS) is 10.9. The summed E-state index contributed by atoms with van der Waals surface area (Å²) in [5.74, 6) is -0.0246. The van der Waals surface area contributed by atoms with Gasteiger partial charge in [0, 0.05) is 29.2 Å². The van der Waals surface area contributed by atoms with Gasteiger partial charge in [-0.05, 0) is 39.1 Å². The van der Waals surface area contributed by atoms with Gasteiger partial charge < -0.3 is 10.2 Å². The number of benzene rings is 1. The zero-order chi connectivity index (χ0) is 12.8. The molecule has 1 N–H and O–H groups in total. The predicted molar refractivity (Wildman–Crippen MR) is 74.2 cm³/mol. The van der Waals surface area contributed by atoms with Crippen molar-refractivity contribution in [3.63, 3.8) is 0 Å². The van der Waals surface area contributed by atoms with Gasteiger partial charge in [-0.25, -0.2) is 0 Å². The third kappa shape index (κ3) is 4.88. The van der Waals surface area contributed by atoms with Crippen LogP contribution < -0.4 is 5.32 Å². The predicted octanol–water partition coefficient (Wildman–Crippen LogP) is 2.52. The minimum atomic E-state index is -0.0246. The van der Waals surface area contributed by atoms with E-state index in [1.54, 1.807) is 0 Å². The first-order valence-corrected chi connectivity index (χ1v) is 6.54. The Balaban J connectivity index is 2.40. The Labute approximate surface area is 111 Å². The van der Waals surface area contributed by atoms with Crippen LogP contribution in [0, 0.1) is 0 Å². The number of nitrogens with zero attached hydrogens (tertiary/aromatic N) is 1. The van der Waals surface area contributed by atoms with Gasteiger partial charge in [0.2, 0.25) is 0 Å². The largest absolute Gasteiger partial charge is 0.351 e. The average Bonchev–Trinajstić information content (AvgIpc) is 2.28. The molecule has 1 aromatic rings. The maximum absolute atomic E-state index is 11.8. The van der Waals surface area contributed by atoms with Crippen molar-refractivity contribution < 1.29 is 4.79 Å². The average molecular weight is 299 g/mol. The lowest BCUT2D eigenvalue weighted by molar-refractivity contribution is 0.0948. The Morgan fingerprint density at radius 3 is 2.76 bits per heavy atom. The second-order valence-corrected chi connectivity index (χ2v) is 5.26. The summed E-state index contributed by atoms with van der Waals surface area (Å²) in [6.07, 6.45) is 0. The number of halogens is 1. The van der Waals surface area contributed by atoms with Crippen LogP contribution in [0.3, 0.4) is 0 Å². The molecule has 1 amide bonds. The van der Waals surface area contributed by atoms with E-state index in [0.29, 0.717) is 18.2 Å². The third-order valence-corrected chi connectivity index (χ3v) is 3.21. The molecule has 1 rings (SSSR count). The molecule has 0 fully saturated rings. The molecule has 1 aromatic carbocycles. The molecular formula is C13H19BrN2O. The zero-order valence-electron chi connectivity index (χ0n) is 10.5. The van der Waals surface area contributed by atoms with E-state index in [-0.39, 0.29) is 5.91 Å². The van der Waals surface area contributed by atoms with Gasteiger partial charge in [0.15, 0.2) is 0 Å². The van der Waals surface area contributed by atoms with Crippen LogP contribution in [0.15, 0.2) is 28.7 Å². The fourth-order valence-electron chi connectivity index (χ4n) is 1.34. The Morgan fingerprint density at radius 1 is 1.47 bits per heavy atom. The number of hydrogen-bond donors (Lipinski definition) is 1. The standard InChI is InChI=1S/C13H19BrN2O/c1-10(2)16(3)8-7-15-13(17)11-5-4-6-12(14)9-11/h4-6,9-10H,7-8H2,1-3H3,(H,15,17). The number of likely N-dealkylation sites (N-methyl/N-ethyl adjacent to an activating group) is 1. The number of nitrogens with one attached hydrogen (secondary N) is 1. The van der Waals surface area contributed by atoms with Crippen molar-refractivity contribution in [2.75, 3.05) is 20.1 Å². The van der Waals surface area contributed by atoms with Gasteiger partial charge in [-0.3, -0.25) is 4.79 Å². The minimum absolute atomic E-state index is 0.0246. The molecule has 0 atom stereocenters. The molecule has 0 aliphatic carbocycles. The van der Waals surface area contributed by atoms with E-state index < -0.39 is 0 Å². The molecule has 0 saturated carbocycles. The van der Waals surface area contributed by atoms with Crippen molar-refractivity contribution in [1.29, 1.82) is 0 Å². The van der Waals surface area contributed by atoms with Crippen molar-refractivity contribution in [3.8, 4) is 0 Å². The molecule has 3 nitrogen and oxygen atoms in total. The number of carbonyl (C=O) groups is 1. The molecule has 4 heteroatoms. The summed E-state index contributed by atoms with van der Waals surface area (Å²) in [7, 11) is 2.05. The monoisotopic (exact) mass is 298 g/mol. The van der Waals surface area contributed by atoms with Crippen molar-refractivity contribution in [3.05, 3.63) is 34.3 Å². The van der Waals surface area contributed by atoms with Crippen molar-refractivity contribution >= 4 is 21.8 Å². The maximum atomic E-state index is 11.8. The van der Waals surface area contributed by atoms with E-state index in [2.05, 4.69) is 47.0 Å². The Bertz CT molecular complexity index is 379. The van der Waals surface area contributed by atoms with Crippen molar-refractivity contribution in [2.24, 2.45) is 0 Å². The number of carbonyl (C=O) groups excluding carboxylic acids is 1. The van der Waals surface area contributed by atoms with Gasteiger partial charge in [-0.15, -0.1) is 0 Å². The van der Waals surface area contributed by atoms with E-state index in [9.17, 15) is 4.79 Å². The van der Waals surface area contributed by atoms with E-state index in [1.807, 2.05) is 24.3 Å². The summed E-state index contributed by atoms with van der Waals surface area (Å²) < 4.78 is 0.921. The molecule has 17 heavy (non-hydrogen) atoms. The van der Waals surface area contributed by atoms with Crippen LogP contribution in [0.4, 0.5) is 0 Å². The molecule has 0 heterocycles. The lowest BCUT2D eigenvalue weighted by Crippen LogP contribution is -2.36. The fourth-order valence-corrected chi connectivity index (χ4v) is 1.74. The molecule has 94 valence electrons. The second-order valence-electron chi connectivity index (χ2n) is 4.34. The lowest BCUT2D eigenvalue weighted by atomic mass is 10.2. The first-order valence-electron chi connectivity index (χ1n) is 5.74. The molecular weight excluding hydrogens is 280 g/mol. The van der Waals surface area contributed by atoms with E-state index >= 15 is 0 Å². The molecule has 0 radical (unpaired) electrons. The number of amides is 1. The SMILES string of the molecule is CC(C)N(C)CCNC(=O)c1cccc(Br)c1. The summed E-state index contributed by atoms with van der Waals surface area (Å²) in [5.41, 5.74) is 0.687. The molecule has 0 aliphatic heterocycles. The van der Waals surface area contributed by atoms with Crippen LogP contribution in [-0.2, 0) is 0 Å². The molecule has 0 aromatic heterocycles. The quantitative estimate of drug-likeness (QED) is 0.906. The highest BCUT2D eigenvalue weighted by Crippen LogP contribution is 2.11. The highest BCUT2D eigenvalue weighted by molar-refractivity contribution is 9.10. The van der Waals surface area contributed by atoms with E-state index in [1.165, 1.54) is 0 Å². The zero-order valence-corrected chi connectivity index (χ0v) is 12.1. The summed E-state index contributed by atoms with van der Waals surface area (Å²) >= 11 is 3.35. The summed E-state index contributed by atoms with van der Waals surface area (Å²) in [4.78, 5) is 14.0. The lowest BCUT2D eigenvalue weighted by Gasteiger charge is -2.20. The smallest absolute Gasteiger partial charge is 0.251 e. The van der Waals surface area contributed by atoms with Gasteiger partial charge in [0.1, 0.15) is 0 Å². The van der Waals surface area contributed by atoms with Crippen LogP contribution >= 0.6 is 15.9 Å². The Morgan fingerprint density at radius 2 is 2.18 bits per heavy atom. The highest BCUT2D eigenvalue weighted by atomic mass is 79.9. The third-order valence-electron chi connectivity index (χ3n) is 2.72. The van der Waals surface area contributed by atoms with Gasteiger partial charge in [0.25, 0.3) is 5.91 Å². The molecule has 0 aliphatic rings. The van der Waals surface area contributed by atoms with Crippen molar-refractivity contribution in [2.45, 2.75) is 19.9 Å². The van der Waals surface area contributed by atoms with Crippen molar-refractivity contribution in [1.82, 2.24) is 10.2 Å².